The molecule has 0 aliphatic heterocycles. The number of nitrogens with one attached hydrogen (secondary N) is 1. The van der Waals surface area contributed by atoms with Crippen molar-refractivity contribution in [2.45, 2.75) is 33.8 Å². The zero-order valence-electron chi connectivity index (χ0n) is 15.6. The molecule has 0 unspecified atom stereocenters. The molecule has 0 aliphatic carbocycles. The number of carbonyl (C=O) groups excluding carboxylic acids is 1. The molecule has 2 rings (SSSR count). The molecule has 26 heavy (non-hydrogen) atoms. The summed E-state index contributed by atoms with van der Waals surface area (Å²) in [6.45, 7) is 6.92. The van der Waals surface area contributed by atoms with Crippen molar-refractivity contribution in [3.8, 4) is 11.5 Å². The molecule has 0 fully saturated rings. The molecule has 5 nitrogen and oxygen atoms in total. The lowest BCUT2D eigenvalue weighted by molar-refractivity contribution is -0.121. The molecular formula is C21H26N2O3. The second kappa shape index (κ2) is 10.2. The van der Waals surface area contributed by atoms with Crippen molar-refractivity contribution in [3.63, 3.8) is 0 Å². The Morgan fingerprint density at radius 2 is 1.88 bits per heavy atom. The number of hydrogen-bond donors (Lipinski definition) is 1. The van der Waals surface area contributed by atoms with Gasteiger partial charge in [-0.15, -0.1) is 0 Å². The Morgan fingerprint density at radius 3 is 2.58 bits per heavy atom. The number of nitrogens with zero attached hydrogens (tertiary/aromatic N) is 1. The zero-order valence-corrected chi connectivity index (χ0v) is 15.6. The summed E-state index contributed by atoms with van der Waals surface area (Å²) in [4.78, 5) is 11.6. The van der Waals surface area contributed by atoms with E-state index in [0.29, 0.717) is 37.1 Å². The van der Waals surface area contributed by atoms with Crippen LogP contribution < -0.4 is 14.9 Å². The molecule has 0 heterocycles. The van der Waals surface area contributed by atoms with Gasteiger partial charge in [0.25, 0.3) is 0 Å². The van der Waals surface area contributed by atoms with E-state index in [1.807, 2.05) is 69.3 Å². The van der Waals surface area contributed by atoms with Gasteiger partial charge in [0, 0.05) is 6.42 Å². The second-order valence-electron chi connectivity index (χ2n) is 6.30. The van der Waals surface area contributed by atoms with Crippen molar-refractivity contribution in [1.29, 1.82) is 0 Å². The Balaban J connectivity index is 2.01. The van der Waals surface area contributed by atoms with Crippen molar-refractivity contribution >= 4 is 12.1 Å². The fraction of sp³-hybridized carbons (Fsp3) is 0.333. The highest BCUT2D eigenvalue weighted by molar-refractivity contribution is 5.83. The average Bonchev–Trinajstić information content (AvgIpc) is 2.61. The van der Waals surface area contributed by atoms with Gasteiger partial charge in [0.05, 0.1) is 12.8 Å². The SMILES string of the molecule is CCOc1cc(/C=N\NC(=O)CC(C)C)ccc1OCc1ccccc1. The van der Waals surface area contributed by atoms with E-state index in [-0.39, 0.29) is 5.91 Å². The average molecular weight is 354 g/mol. The van der Waals surface area contributed by atoms with Gasteiger partial charge in [-0.1, -0.05) is 44.2 Å². The Bertz CT molecular complexity index is 727. The maximum atomic E-state index is 11.6. The molecule has 0 bridgehead atoms. The van der Waals surface area contributed by atoms with Crippen LogP contribution in [0.5, 0.6) is 11.5 Å². The summed E-state index contributed by atoms with van der Waals surface area (Å²) < 4.78 is 11.6. The van der Waals surface area contributed by atoms with Gasteiger partial charge >= 0.3 is 0 Å². The summed E-state index contributed by atoms with van der Waals surface area (Å²) in [6.07, 6.45) is 2.05. The van der Waals surface area contributed by atoms with Crippen molar-refractivity contribution in [2.24, 2.45) is 11.0 Å². The number of carbonyl (C=O) groups is 1. The van der Waals surface area contributed by atoms with E-state index in [1.165, 1.54) is 0 Å². The van der Waals surface area contributed by atoms with E-state index in [2.05, 4.69) is 10.5 Å². The lowest BCUT2D eigenvalue weighted by Crippen LogP contribution is -2.19. The van der Waals surface area contributed by atoms with Crippen molar-refractivity contribution in [3.05, 3.63) is 59.7 Å². The third-order valence-electron chi connectivity index (χ3n) is 3.50. The van der Waals surface area contributed by atoms with Crippen LogP contribution in [0.1, 0.15) is 38.3 Å². The van der Waals surface area contributed by atoms with Crippen molar-refractivity contribution < 1.29 is 14.3 Å². The minimum Gasteiger partial charge on any atom is -0.490 e. The molecule has 5 heteroatoms. The molecule has 1 N–H and O–H groups in total. The van der Waals surface area contributed by atoms with Crippen molar-refractivity contribution in [2.75, 3.05) is 6.61 Å². The van der Waals surface area contributed by atoms with Gasteiger partial charge in [0.1, 0.15) is 6.61 Å². The Kier molecular flexibility index (Phi) is 7.68. The van der Waals surface area contributed by atoms with Gasteiger partial charge in [-0.25, -0.2) is 5.43 Å². The van der Waals surface area contributed by atoms with Crippen LogP contribution in [0.15, 0.2) is 53.6 Å². The number of ether oxygens (including phenoxy) is 2. The summed E-state index contributed by atoms with van der Waals surface area (Å²) in [5, 5.41) is 4.00. The van der Waals surface area contributed by atoms with E-state index < -0.39 is 0 Å². The zero-order chi connectivity index (χ0) is 18.8. The standard InChI is InChI=1S/C21H26N2O3/c1-4-25-20-13-18(14-22-23-21(24)12-16(2)3)10-11-19(20)26-15-17-8-6-5-7-9-17/h5-11,13-14,16H,4,12,15H2,1-3H3,(H,23,24)/b22-14-. The van der Waals surface area contributed by atoms with Gasteiger partial charge in [0.15, 0.2) is 11.5 Å². The summed E-state index contributed by atoms with van der Waals surface area (Å²) >= 11 is 0. The van der Waals surface area contributed by atoms with Crippen LogP contribution in [0.25, 0.3) is 0 Å². The monoisotopic (exact) mass is 354 g/mol. The van der Waals surface area contributed by atoms with E-state index in [1.54, 1.807) is 6.21 Å². The summed E-state index contributed by atoms with van der Waals surface area (Å²) in [5.74, 6) is 1.54. The molecule has 138 valence electrons. The van der Waals surface area contributed by atoms with E-state index in [4.69, 9.17) is 9.47 Å². The summed E-state index contributed by atoms with van der Waals surface area (Å²) in [7, 11) is 0. The second-order valence-corrected chi connectivity index (χ2v) is 6.30. The lowest BCUT2D eigenvalue weighted by Gasteiger charge is -2.12. The van der Waals surface area contributed by atoms with Crippen molar-refractivity contribution in [1.82, 2.24) is 5.43 Å². The van der Waals surface area contributed by atoms with Gasteiger partial charge in [-0.3, -0.25) is 4.79 Å². The van der Waals surface area contributed by atoms with E-state index >= 15 is 0 Å². The Hall–Kier alpha value is -2.82. The molecule has 0 radical (unpaired) electrons. The molecule has 0 atom stereocenters. The molecule has 0 spiro atoms. The minimum absolute atomic E-state index is 0.0934. The fourth-order valence-corrected chi connectivity index (χ4v) is 2.32. The van der Waals surface area contributed by atoms with Crippen LogP contribution in [0.3, 0.4) is 0 Å². The van der Waals surface area contributed by atoms with Crippen LogP contribution in [-0.4, -0.2) is 18.7 Å². The number of hydrogen-bond acceptors (Lipinski definition) is 4. The molecular weight excluding hydrogens is 328 g/mol. The van der Waals surface area contributed by atoms with Crippen LogP contribution in [0.2, 0.25) is 0 Å². The first-order valence-corrected chi connectivity index (χ1v) is 8.84. The Morgan fingerprint density at radius 1 is 1.12 bits per heavy atom. The smallest absolute Gasteiger partial charge is 0.240 e. The highest BCUT2D eigenvalue weighted by Gasteiger charge is 2.07. The first-order chi connectivity index (χ1) is 12.6. The third-order valence-corrected chi connectivity index (χ3v) is 3.50. The minimum atomic E-state index is -0.0934. The van der Waals surface area contributed by atoms with E-state index in [0.717, 1.165) is 11.1 Å². The van der Waals surface area contributed by atoms with Crippen LogP contribution in [0, 0.1) is 5.92 Å². The van der Waals surface area contributed by atoms with Gasteiger partial charge in [-0.2, -0.15) is 5.10 Å². The number of hydrazone groups is 1. The molecule has 0 aromatic heterocycles. The normalized spacial score (nSPS) is 10.9. The molecule has 0 aliphatic rings. The summed E-state index contributed by atoms with van der Waals surface area (Å²) in [5.41, 5.74) is 4.45. The molecule has 0 saturated heterocycles. The van der Waals surface area contributed by atoms with Gasteiger partial charge < -0.3 is 9.47 Å². The number of benzene rings is 2. The van der Waals surface area contributed by atoms with Crippen LogP contribution >= 0.6 is 0 Å². The Labute approximate surface area is 155 Å². The molecule has 1 amide bonds. The molecule has 2 aromatic rings. The first-order valence-electron chi connectivity index (χ1n) is 8.84. The molecule has 2 aromatic carbocycles. The van der Waals surface area contributed by atoms with E-state index in [9.17, 15) is 4.79 Å². The highest BCUT2D eigenvalue weighted by Crippen LogP contribution is 2.28. The predicted octanol–water partition coefficient (Wildman–Crippen LogP) is 4.16. The van der Waals surface area contributed by atoms with Crippen LogP contribution in [0.4, 0.5) is 0 Å². The van der Waals surface area contributed by atoms with Crippen LogP contribution in [-0.2, 0) is 11.4 Å². The largest absolute Gasteiger partial charge is 0.490 e. The summed E-state index contributed by atoms with van der Waals surface area (Å²) in [6, 6.07) is 15.5. The topological polar surface area (TPSA) is 59.9 Å². The quantitative estimate of drug-likeness (QED) is 0.543. The third kappa shape index (κ3) is 6.59. The number of rotatable bonds is 9. The first kappa shape index (κ1) is 19.5. The predicted molar refractivity (Wildman–Crippen MR) is 104 cm³/mol. The highest BCUT2D eigenvalue weighted by atomic mass is 16.5. The maximum Gasteiger partial charge on any atom is 0.240 e. The van der Waals surface area contributed by atoms with Gasteiger partial charge in [0.2, 0.25) is 5.91 Å². The van der Waals surface area contributed by atoms with Gasteiger partial charge in [-0.05, 0) is 42.2 Å². The lowest BCUT2D eigenvalue weighted by atomic mass is 10.1. The maximum absolute atomic E-state index is 11.6. The number of amides is 1. The molecule has 0 saturated carbocycles. The fourth-order valence-electron chi connectivity index (χ4n) is 2.32.